The topological polar surface area (TPSA) is 102 Å². The van der Waals surface area contributed by atoms with Crippen LogP contribution in [0.5, 0.6) is 5.75 Å². The zero-order valence-electron chi connectivity index (χ0n) is 14.2. The van der Waals surface area contributed by atoms with Gasteiger partial charge in [-0.1, -0.05) is 18.2 Å². The number of benzene rings is 1. The second-order valence-corrected chi connectivity index (χ2v) is 5.33. The van der Waals surface area contributed by atoms with E-state index in [2.05, 4.69) is 20.6 Å². The number of rotatable bonds is 8. The van der Waals surface area contributed by atoms with Crippen molar-refractivity contribution in [1.29, 1.82) is 0 Å². The molecule has 1 aromatic heterocycles. The lowest BCUT2D eigenvalue weighted by molar-refractivity contribution is -0.119. The third-order valence-electron chi connectivity index (χ3n) is 3.36. The summed E-state index contributed by atoms with van der Waals surface area (Å²) in [6.45, 7) is 1.18. The minimum absolute atomic E-state index is 0.131. The minimum Gasteiger partial charge on any atom is -0.484 e. The number of nitrogens with one attached hydrogen (secondary N) is 2. The number of hydrogen-bond acceptors (Lipinski definition) is 4. The van der Waals surface area contributed by atoms with Crippen molar-refractivity contribution in [3.63, 3.8) is 0 Å². The number of amides is 1. The van der Waals surface area contributed by atoms with Gasteiger partial charge in [-0.05, 0) is 29.8 Å². The second kappa shape index (κ2) is 9.92. The smallest absolute Gasteiger partial charge is 0.255 e. The maximum atomic E-state index is 10.8. The molecule has 0 radical (unpaired) electrons. The van der Waals surface area contributed by atoms with Gasteiger partial charge < -0.3 is 21.1 Å². The number of aromatic nitrogens is 1. The summed E-state index contributed by atoms with van der Waals surface area (Å²) in [6, 6.07) is 13.3. The fraction of sp³-hybridized carbons (Fsp3) is 0.278. The molecule has 1 amide bonds. The average Bonchev–Trinajstić information content (AvgIpc) is 2.64. The van der Waals surface area contributed by atoms with Crippen LogP contribution >= 0.6 is 0 Å². The molecule has 0 unspecified atom stereocenters. The molecular formula is C18H23N5O2. The van der Waals surface area contributed by atoms with Gasteiger partial charge in [0.05, 0.1) is 0 Å². The molecule has 0 fully saturated rings. The van der Waals surface area contributed by atoms with E-state index < -0.39 is 5.91 Å². The first-order valence-corrected chi connectivity index (χ1v) is 8.02. The van der Waals surface area contributed by atoms with Crippen LogP contribution in [0.3, 0.4) is 0 Å². The van der Waals surface area contributed by atoms with Gasteiger partial charge in [-0.3, -0.25) is 14.8 Å². The predicted octanol–water partition coefficient (Wildman–Crippen LogP) is 0.853. The maximum Gasteiger partial charge on any atom is 0.255 e. The molecule has 0 saturated carbocycles. The van der Waals surface area contributed by atoms with Crippen molar-refractivity contribution < 1.29 is 9.53 Å². The normalized spacial score (nSPS) is 11.0. The molecule has 0 aliphatic rings. The van der Waals surface area contributed by atoms with E-state index >= 15 is 0 Å². The van der Waals surface area contributed by atoms with Crippen molar-refractivity contribution >= 4 is 11.9 Å². The van der Waals surface area contributed by atoms with Crippen molar-refractivity contribution in [2.75, 3.05) is 20.2 Å². The Morgan fingerprint density at radius 3 is 2.84 bits per heavy atom. The average molecular weight is 341 g/mol. The molecular weight excluding hydrogens is 318 g/mol. The molecule has 0 saturated heterocycles. The van der Waals surface area contributed by atoms with E-state index in [9.17, 15) is 4.79 Å². The van der Waals surface area contributed by atoms with Crippen molar-refractivity contribution in [3.8, 4) is 5.75 Å². The molecule has 132 valence electrons. The number of ether oxygens (including phenoxy) is 1. The Kier molecular flexibility index (Phi) is 7.24. The van der Waals surface area contributed by atoms with E-state index in [1.165, 1.54) is 0 Å². The largest absolute Gasteiger partial charge is 0.484 e. The summed E-state index contributed by atoms with van der Waals surface area (Å²) >= 11 is 0. The van der Waals surface area contributed by atoms with Gasteiger partial charge >= 0.3 is 0 Å². The van der Waals surface area contributed by atoms with Crippen LogP contribution in [0, 0.1) is 0 Å². The highest BCUT2D eigenvalue weighted by molar-refractivity contribution is 5.79. The highest BCUT2D eigenvalue weighted by atomic mass is 16.5. The first-order chi connectivity index (χ1) is 12.2. The first-order valence-electron chi connectivity index (χ1n) is 8.02. The fourth-order valence-electron chi connectivity index (χ4n) is 2.16. The summed E-state index contributed by atoms with van der Waals surface area (Å²) in [4.78, 5) is 19.3. The van der Waals surface area contributed by atoms with Crippen LogP contribution in [0.4, 0.5) is 0 Å². The number of nitrogens with zero attached hydrogens (tertiary/aromatic N) is 2. The van der Waals surface area contributed by atoms with Crippen LogP contribution < -0.4 is 21.1 Å². The molecule has 7 nitrogen and oxygen atoms in total. The Morgan fingerprint density at radius 1 is 1.24 bits per heavy atom. The number of hydrogen-bond donors (Lipinski definition) is 3. The minimum atomic E-state index is -0.499. The molecule has 0 aliphatic carbocycles. The van der Waals surface area contributed by atoms with Crippen LogP contribution in [-0.4, -0.2) is 37.1 Å². The Labute approximate surface area is 147 Å². The number of pyridine rings is 1. The Balaban J connectivity index is 1.78. The fourth-order valence-corrected chi connectivity index (χ4v) is 2.16. The molecule has 7 heteroatoms. The lowest BCUT2D eigenvalue weighted by atomic mass is 10.2. The van der Waals surface area contributed by atoms with Crippen molar-refractivity contribution in [3.05, 3.63) is 59.9 Å². The SMILES string of the molecule is CN=C(NCCc1ccccn1)NCc1cccc(OCC(N)=O)c1. The summed E-state index contributed by atoms with van der Waals surface area (Å²) in [7, 11) is 1.72. The Hall–Kier alpha value is -3.09. The van der Waals surface area contributed by atoms with Gasteiger partial charge in [0.25, 0.3) is 5.91 Å². The van der Waals surface area contributed by atoms with Gasteiger partial charge in [0, 0.05) is 38.4 Å². The van der Waals surface area contributed by atoms with Crippen molar-refractivity contribution in [2.45, 2.75) is 13.0 Å². The highest BCUT2D eigenvalue weighted by Crippen LogP contribution is 2.12. The number of nitrogens with two attached hydrogens (primary N) is 1. The Morgan fingerprint density at radius 2 is 2.12 bits per heavy atom. The van der Waals surface area contributed by atoms with E-state index in [4.69, 9.17) is 10.5 Å². The zero-order valence-corrected chi connectivity index (χ0v) is 14.2. The molecule has 4 N–H and O–H groups in total. The molecule has 0 spiro atoms. The number of carbonyl (C=O) groups is 1. The van der Waals surface area contributed by atoms with Gasteiger partial charge in [-0.2, -0.15) is 0 Å². The molecule has 0 aliphatic heterocycles. The Bertz CT molecular complexity index is 704. The van der Waals surface area contributed by atoms with Gasteiger partial charge in [0.2, 0.25) is 0 Å². The molecule has 1 aromatic carbocycles. The number of aliphatic imine (C=N–C) groups is 1. The van der Waals surface area contributed by atoms with Crippen LogP contribution in [-0.2, 0) is 17.8 Å². The molecule has 0 bridgehead atoms. The monoisotopic (exact) mass is 341 g/mol. The standard InChI is InChI=1S/C18H23N5O2/c1-20-18(22-10-8-15-6-2-3-9-21-15)23-12-14-5-4-7-16(11-14)25-13-17(19)24/h2-7,9,11H,8,10,12-13H2,1H3,(H2,19,24)(H2,20,22,23). The van der Waals surface area contributed by atoms with E-state index in [1.54, 1.807) is 19.3 Å². The van der Waals surface area contributed by atoms with Crippen molar-refractivity contribution in [2.24, 2.45) is 10.7 Å². The second-order valence-electron chi connectivity index (χ2n) is 5.33. The van der Waals surface area contributed by atoms with Crippen LogP contribution in [0.25, 0.3) is 0 Å². The summed E-state index contributed by atoms with van der Waals surface area (Å²) < 4.78 is 5.30. The third kappa shape index (κ3) is 6.90. The summed E-state index contributed by atoms with van der Waals surface area (Å²) in [5.41, 5.74) is 7.12. The molecule has 25 heavy (non-hydrogen) atoms. The van der Waals surface area contributed by atoms with Crippen LogP contribution in [0.1, 0.15) is 11.3 Å². The number of carbonyl (C=O) groups excluding carboxylic acids is 1. The first kappa shape index (κ1) is 18.3. The number of guanidine groups is 1. The molecule has 2 rings (SSSR count). The van der Waals surface area contributed by atoms with E-state index in [1.807, 2.05) is 36.4 Å². The summed E-state index contributed by atoms with van der Waals surface area (Å²) in [6.07, 6.45) is 2.60. The highest BCUT2D eigenvalue weighted by Gasteiger charge is 2.02. The van der Waals surface area contributed by atoms with E-state index in [0.717, 1.165) is 24.2 Å². The van der Waals surface area contributed by atoms with Gasteiger partial charge in [-0.25, -0.2) is 0 Å². The maximum absolute atomic E-state index is 10.8. The molecule has 0 atom stereocenters. The third-order valence-corrected chi connectivity index (χ3v) is 3.36. The summed E-state index contributed by atoms with van der Waals surface area (Å²) in [5.74, 6) is 0.816. The summed E-state index contributed by atoms with van der Waals surface area (Å²) in [5, 5.41) is 6.48. The van der Waals surface area contributed by atoms with Gasteiger partial charge in [0.15, 0.2) is 12.6 Å². The van der Waals surface area contributed by atoms with Crippen molar-refractivity contribution in [1.82, 2.24) is 15.6 Å². The van der Waals surface area contributed by atoms with E-state index in [0.29, 0.717) is 18.3 Å². The lowest BCUT2D eigenvalue weighted by Crippen LogP contribution is -2.37. The predicted molar refractivity (Wildman–Crippen MR) is 97.3 cm³/mol. The molecule has 1 heterocycles. The quantitative estimate of drug-likeness (QED) is 0.488. The van der Waals surface area contributed by atoms with Crippen LogP contribution in [0.2, 0.25) is 0 Å². The number of primary amides is 1. The van der Waals surface area contributed by atoms with Gasteiger partial charge in [0.1, 0.15) is 5.75 Å². The lowest BCUT2D eigenvalue weighted by Gasteiger charge is -2.12. The zero-order chi connectivity index (χ0) is 17.9. The van der Waals surface area contributed by atoms with Crippen LogP contribution in [0.15, 0.2) is 53.7 Å². The van der Waals surface area contributed by atoms with Gasteiger partial charge in [-0.15, -0.1) is 0 Å². The van der Waals surface area contributed by atoms with E-state index in [-0.39, 0.29) is 6.61 Å². The molecule has 2 aromatic rings.